The topological polar surface area (TPSA) is 84.6 Å². The molecule has 0 amide bonds. The Bertz CT molecular complexity index is 767. The Morgan fingerprint density at radius 2 is 2.04 bits per heavy atom. The number of non-ortho nitro benzene ring substituents is 1. The third-order valence-electron chi connectivity index (χ3n) is 4.45. The van der Waals surface area contributed by atoms with Gasteiger partial charge in [0.25, 0.3) is 5.69 Å². The first-order valence-corrected chi connectivity index (χ1v) is 9.48. The minimum Gasteiger partial charge on any atom is -0.380 e. The quantitative estimate of drug-likeness (QED) is 0.565. The monoisotopic (exact) mass is 377 g/mol. The van der Waals surface area contributed by atoms with Gasteiger partial charge in [-0.1, -0.05) is 6.92 Å². The Balaban J connectivity index is 1.77. The van der Waals surface area contributed by atoms with Crippen LogP contribution in [0.5, 0.6) is 0 Å². The van der Waals surface area contributed by atoms with E-state index >= 15 is 0 Å². The van der Waals surface area contributed by atoms with Gasteiger partial charge < -0.3 is 14.5 Å². The van der Waals surface area contributed by atoms with Gasteiger partial charge in [0.05, 0.1) is 11.5 Å². The molecule has 2 aromatic rings. The minimum atomic E-state index is -0.367. The average Bonchev–Trinajstić information content (AvgIpc) is 2.99. The molecule has 1 aliphatic rings. The van der Waals surface area contributed by atoms with Crippen LogP contribution in [-0.2, 0) is 17.8 Å². The van der Waals surface area contributed by atoms with Crippen LogP contribution in [-0.4, -0.2) is 47.6 Å². The second kappa shape index (κ2) is 8.41. The Morgan fingerprint density at radius 1 is 1.27 bits per heavy atom. The number of anilines is 2. The second-order valence-electron chi connectivity index (χ2n) is 6.18. The lowest BCUT2D eigenvalue weighted by molar-refractivity contribution is -0.384. The Hall–Kier alpha value is -2.26. The number of nitrogens with zero attached hydrogens (tertiary/aromatic N) is 5. The van der Waals surface area contributed by atoms with Crippen molar-refractivity contribution in [3.8, 4) is 0 Å². The molecule has 0 unspecified atom stereocenters. The summed E-state index contributed by atoms with van der Waals surface area (Å²) >= 11 is 1.45. The van der Waals surface area contributed by atoms with Gasteiger partial charge in [-0.15, -0.1) is 0 Å². The summed E-state index contributed by atoms with van der Waals surface area (Å²) in [7, 11) is 1.60. The molecule has 0 bridgehead atoms. The van der Waals surface area contributed by atoms with Crippen molar-refractivity contribution in [2.24, 2.45) is 0 Å². The van der Waals surface area contributed by atoms with Crippen molar-refractivity contribution < 1.29 is 9.66 Å². The summed E-state index contributed by atoms with van der Waals surface area (Å²) in [6, 6.07) is 5.01. The Labute approximate surface area is 156 Å². The lowest BCUT2D eigenvalue weighted by Crippen LogP contribution is -2.31. The van der Waals surface area contributed by atoms with Crippen molar-refractivity contribution in [2.45, 2.75) is 26.4 Å². The zero-order valence-electron chi connectivity index (χ0n) is 15.1. The fraction of sp³-hybridized carbons (Fsp3) is 0.529. The Kier molecular flexibility index (Phi) is 6.00. The third-order valence-corrected chi connectivity index (χ3v) is 5.27. The molecule has 0 N–H and O–H groups in total. The van der Waals surface area contributed by atoms with E-state index in [2.05, 4.69) is 26.1 Å². The maximum absolute atomic E-state index is 11.1. The molecule has 26 heavy (non-hydrogen) atoms. The van der Waals surface area contributed by atoms with Crippen LogP contribution in [0.1, 0.15) is 24.7 Å². The molecular formula is C17H23N5O3S. The Morgan fingerprint density at radius 3 is 2.73 bits per heavy atom. The van der Waals surface area contributed by atoms with Gasteiger partial charge in [-0.25, -0.2) is 4.98 Å². The van der Waals surface area contributed by atoms with Crippen LogP contribution in [0.3, 0.4) is 0 Å². The van der Waals surface area contributed by atoms with Gasteiger partial charge in [-0.2, -0.15) is 4.37 Å². The number of nitro benzene ring substituents is 1. The molecule has 3 rings (SSSR count). The number of hydrogen-bond acceptors (Lipinski definition) is 8. The number of hydrogen-bond donors (Lipinski definition) is 0. The first-order valence-electron chi connectivity index (χ1n) is 8.71. The van der Waals surface area contributed by atoms with E-state index in [4.69, 9.17) is 4.74 Å². The lowest BCUT2D eigenvalue weighted by Gasteiger charge is -2.25. The van der Waals surface area contributed by atoms with Crippen LogP contribution < -0.4 is 9.80 Å². The lowest BCUT2D eigenvalue weighted by atomic mass is 10.1. The van der Waals surface area contributed by atoms with E-state index in [1.54, 1.807) is 19.2 Å². The van der Waals surface area contributed by atoms with Crippen LogP contribution >= 0.6 is 11.5 Å². The first kappa shape index (κ1) is 18.5. The molecule has 0 spiro atoms. The fourth-order valence-electron chi connectivity index (χ4n) is 3.13. The number of benzene rings is 1. The summed E-state index contributed by atoms with van der Waals surface area (Å²) in [6.45, 7) is 5.92. The van der Waals surface area contributed by atoms with Crippen LogP contribution in [0.4, 0.5) is 16.5 Å². The fourth-order valence-corrected chi connectivity index (χ4v) is 3.93. The standard InChI is InChI=1S/C17H23N5O3S/c1-3-16-18-17(26-19-16)21-8-4-7-20(9-10-21)15-6-5-14(22(23)24)11-13(15)12-25-2/h5-6,11H,3-4,7-10,12H2,1-2H3. The van der Waals surface area contributed by atoms with Crippen molar-refractivity contribution in [3.63, 3.8) is 0 Å². The van der Waals surface area contributed by atoms with Crippen molar-refractivity contribution >= 4 is 28.0 Å². The molecule has 140 valence electrons. The van der Waals surface area contributed by atoms with Crippen molar-refractivity contribution in [3.05, 3.63) is 39.7 Å². The number of nitro groups is 1. The molecule has 0 saturated carbocycles. The highest BCUT2D eigenvalue weighted by Gasteiger charge is 2.21. The minimum absolute atomic E-state index is 0.0956. The first-order chi connectivity index (χ1) is 12.6. The summed E-state index contributed by atoms with van der Waals surface area (Å²) in [6.07, 6.45) is 1.84. The van der Waals surface area contributed by atoms with Gasteiger partial charge in [-0.05, 0) is 12.5 Å². The third kappa shape index (κ3) is 4.10. The number of aryl methyl sites for hydroxylation is 1. The normalized spacial score (nSPS) is 15.2. The molecule has 0 aliphatic carbocycles. The molecule has 1 fully saturated rings. The average molecular weight is 377 g/mol. The van der Waals surface area contributed by atoms with Crippen LogP contribution in [0.25, 0.3) is 0 Å². The molecule has 2 heterocycles. The van der Waals surface area contributed by atoms with Gasteiger partial charge in [0, 0.05) is 74.6 Å². The van der Waals surface area contributed by atoms with E-state index in [0.717, 1.165) is 61.2 Å². The maximum atomic E-state index is 11.1. The van der Waals surface area contributed by atoms with Crippen LogP contribution in [0, 0.1) is 10.1 Å². The van der Waals surface area contributed by atoms with E-state index in [1.165, 1.54) is 11.5 Å². The van der Waals surface area contributed by atoms with Crippen LogP contribution in [0.2, 0.25) is 0 Å². The van der Waals surface area contributed by atoms with Gasteiger partial charge in [0.15, 0.2) is 0 Å². The molecule has 8 nitrogen and oxygen atoms in total. The molecule has 1 aromatic carbocycles. The maximum Gasteiger partial charge on any atom is 0.269 e. The largest absolute Gasteiger partial charge is 0.380 e. The molecule has 1 aliphatic heterocycles. The van der Waals surface area contributed by atoms with Crippen molar-refractivity contribution in [1.29, 1.82) is 0 Å². The molecule has 1 saturated heterocycles. The summed E-state index contributed by atoms with van der Waals surface area (Å²) in [5, 5.41) is 12.0. The van der Waals surface area contributed by atoms with Crippen LogP contribution in [0.15, 0.2) is 18.2 Å². The SMILES string of the molecule is CCc1nsc(N2CCCN(c3ccc([N+](=O)[O-])cc3COC)CC2)n1. The van der Waals surface area contributed by atoms with E-state index in [0.29, 0.717) is 6.61 Å². The predicted octanol–water partition coefficient (Wildman–Crippen LogP) is 2.87. The highest BCUT2D eigenvalue weighted by atomic mass is 32.1. The van der Waals surface area contributed by atoms with Gasteiger partial charge in [0.1, 0.15) is 5.82 Å². The van der Waals surface area contributed by atoms with E-state index in [1.807, 2.05) is 6.07 Å². The molecular weight excluding hydrogens is 354 g/mol. The molecule has 1 aromatic heterocycles. The molecule has 9 heteroatoms. The number of methoxy groups -OCH3 is 1. The van der Waals surface area contributed by atoms with E-state index in [9.17, 15) is 10.1 Å². The van der Waals surface area contributed by atoms with E-state index < -0.39 is 0 Å². The second-order valence-corrected chi connectivity index (χ2v) is 6.91. The smallest absolute Gasteiger partial charge is 0.269 e. The number of aromatic nitrogens is 2. The zero-order chi connectivity index (χ0) is 18.5. The zero-order valence-corrected chi connectivity index (χ0v) is 15.9. The number of rotatable bonds is 6. The summed E-state index contributed by atoms with van der Waals surface area (Å²) in [4.78, 5) is 19.8. The molecule has 0 radical (unpaired) electrons. The van der Waals surface area contributed by atoms with E-state index in [-0.39, 0.29) is 10.6 Å². The van der Waals surface area contributed by atoms with Crippen molar-refractivity contribution in [1.82, 2.24) is 9.36 Å². The summed E-state index contributed by atoms with van der Waals surface area (Å²) in [5.74, 6) is 0.892. The highest BCUT2D eigenvalue weighted by Crippen LogP contribution is 2.28. The summed E-state index contributed by atoms with van der Waals surface area (Å²) < 4.78 is 9.63. The summed E-state index contributed by atoms with van der Waals surface area (Å²) in [5.41, 5.74) is 1.95. The van der Waals surface area contributed by atoms with Gasteiger partial charge >= 0.3 is 0 Å². The predicted molar refractivity (Wildman–Crippen MR) is 102 cm³/mol. The highest BCUT2D eigenvalue weighted by molar-refractivity contribution is 7.09. The van der Waals surface area contributed by atoms with Crippen molar-refractivity contribution in [2.75, 3.05) is 43.1 Å². The van der Waals surface area contributed by atoms with Gasteiger partial charge in [-0.3, -0.25) is 10.1 Å². The van der Waals surface area contributed by atoms with Gasteiger partial charge in [0.2, 0.25) is 5.13 Å². The number of ether oxygens (including phenoxy) is 1. The molecule has 0 atom stereocenters.